The van der Waals surface area contributed by atoms with Gasteiger partial charge in [0, 0.05) is 5.56 Å². The highest BCUT2D eigenvalue weighted by Crippen LogP contribution is 2.39. The van der Waals surface area contributed by atoms with Gasteiger partial charge < -0.3 is 14.2 Å². The number of thioether (sulfide) groups is 1. The van der Waals surface area contributed by atoms with E-state index in [1.54, 1.807) is 30.3 Å². The van der Waals surface area contributed by atoms with E-state index in [0.717, 1.165) is 16.7 Å². The summed E-state index contributed by atoms with van der Waals surface area (Å²) in [5.41, 5.74) is 0.970. The molecule has 2 amide bonds. The highest BCUT2D eigenvalue weighted by molar-refractivity contribution is 9.10. The van der Waals surface area contributed by atoms with Gasteiger partial charge in [-0.1, -0.05) is 32.0 Å². The second kappa shape index (κ2) is 12.2. The van der Waals surface area contributed by atoms with Gasteiger partial charge in [-0.05, 0) is 70.4 Å². The number of imide groups is 1. The molecular formula is C25H25BrFNO6S. The van der Waals surface area contributed by atoms with Gasteiger partial charge in [-0.2, -0.15) is 0 Å². The second-order valence-corrected chi connectivity index (χ2v) is 9.84. The quantitative estimate of drug-likeness (QED) is 0.266. The molecule has 186 valence electrons. The number of carbonyl (C=O) groups excluding carboxylic acids is 3. The van der Waals surface area contributed by atoms with E-state index in [2.05, 4.69) is 15.9 Å². The number of nitrogens with zero attached hydrogens (tertiary/aromatic N) is 1. The topological polar surface area (TPSA) is 82.1 Å². The molecule has 1 fully saturated rings. The summed E-state index contributed by atoms with van der Waals surface area (Å²) in [4.78, 5) is 38.1. The molecule has 35 heavy (non-hydrogen) atoms. The molecule has 0 saturated carbocycles. The number of halogens is 2. The Bertz CT molecular complexity index is 1150. The third kappa shape index (κ3) is 7.08. The van der Waals surface area contributed by atoms with Gasteiger partial charge in [0.1, 0.15) is 19.0 Å². The summed E-state index contributed by atoms with van der Waals surface area (Å²) >= 11 is 4.19. The minimum absolute atomic E-state index is 0.00348. The second-order valence-electron chi connectivity index (χ2n) is 7.99. The fourth-order valence-corrected chi connectivity index (χ4v) is 4.47. The first kappa shape index (κ1) is 26.7. The van der Waals surface area contributed by atoms with Crippen molar-refractivity contribution in [1.82, 2.24) is 4.90 Å². The number of benzene rings is 2. The largest absolute Gasteiger partial charge is 0.490 e. The average Bonchev–Trinajstić information content (AvgIpc) is 3.05. The molecule has 1 aliphatic heterocycles. The predicted octanol–water partition coefficient (Wildman–Crippen LogP) is 5.80. The van der Waals surface area contributed by atoms with Crippen LogP contribution >= 0.6 is 27.7 Å². The lowest BCUT2D eigenvalue weighted by atomic mass is 10.1. The Balaban J connectivity index is 1.78. The third-order valence-electron chi connectivity index (χ3n) is 4.70. The monoisotopic (exact) mass is 565 g/mol. The average molecular weight is 566 g/mol. The van der Waals surface area contributed by atoms with Crippen molar-refractivity contribution in [2.24, 2.45) is 5.92 Å². The smallest absolute Gasteiger partial charge is 0.326 e. The minimum atomic E-state index is -0.639. The van der Waals surface area contributed by atoms with Crippen LogP contribution in [0.25, 0.3) is 6.08 Å². The van der Waals surface area contributed by atoms with Crippen LogP contribution < -0.4 is 9.47 Å². The van der Waals surface area contributed by atoms with Crippen LogP contribution in [0.3, 0.4) is 0 Å². The van der Waals surface area contributed by atoms with Crippen LogP contribution in [0.2, 0.25) is 0 Å². The molecule has 0 aromatic heterocycles. The zero-order valence-corrected chi connectivity index (χ0v) is 21.9. The summed E-state index contributed by atoms with van der Waals surface area (Å²) in [7, 11) is 0. The van der Waals surface area contributed by atoms with E-state index >= 15 is 0 Å². The molecule has 0 bridgehead atoms. The fraction of sp³-hybridized carbons (Fsp3) is 0.320. The van der Waals surface area contributed by atoms with Crippen LogP contribution in [-0.4, -0.2) is 41.8 Å². The molecule has 10 heteroatoms. The first-order valence-corrected chi connectivity index (χ1v) is 12.5. The number of ether oxygens (including phenoxy) is 3. The summed E-state index contributed by atoms with van der Waals surface area (Å²) in [6, 6.07) is 9.68. The molecule has 0 radical (unpaired) electrons. The molecule has 0 spiro atoms. The van der Waals surface area contributed by atoms with Crippen molar-refractivity contribution in [2.75, 3.05) is 19.8 Å². The molecule has 0 atom stereocenters. The van der Waals surface area contributed by atoms with E-state index < -0.39 is 23.7 Å². The molecule has 1 aliphatic rings. The van der Waals surface area contributed by atoms with E-state index in [1.807, 2.05) is 20.8 Å². The summed E-state index contributed by atoms with van der Waals surface area (Å²) in [5, 5.41) is -0.545. The Morgan fingerprint density at radius 3 is 2.63 bits per heavy atom. The van der Waals surface area contributed by atoms with Crippen LogP contribution in [0.1, 0.15) is 31.9 Å². The Kier molecular flexibility index (Phi) is 9.33. The lowest BCUT2D eigenvalue weighted by Gasteiger charge is -2.15. The summed E-state index contributed by atoms with van der Waals surface area (Å²) in [5.74, 6) is -0.669. The maximum absolute atomic E-state index is 14.0. The summed E-state index contributed by atoms with van der Waals surface area (Å²) < 4.78 is 31.1. The van der Waals surface area contributed by atoms with Crippen molar-refractivity contribution in [2.45, 2.75) is 27.4 Å². The van der Waals surface area contributed by atoms with Gasteiger partial charge in [-0.25, -0.2) is 4.39 Å². The van der Waals surface area contributed by atoms with Crippen LogP contribution in [-0.2, 0) is 20.9 Å². The minimum Gasteiger partial charge on any atom is -0.490 e. The molecule has 7 nitrogen and oxygen atoms in total. The van der Waals surface area contributed by atoms with Gasteiger partial charge >= 0.3 is 5.97 Å². The SMILES string of the molecule is CCOc1cc(/C=C2\SC(=O)N(CC(=O)OCC(C)C)C2=O)cc(Br)c1OCc1ccccc1F. The maximum Gasteiger partial charge on any atom is 0.326 e. The first-order chi connectivity index (χ1) is 16.7. The number of rotatable bonds is 10. The van der Waals surface area contributed by atoms with Gasteiger partial charge in [0.2, 0.25) is 0 Å². The molecule has 2 aromatic rings. The van der Waals surface area contributed by atoms with E-state index in [0.29, 0.717) is 33.7 Å². The van der Waals surface area contributed by atoms with Crippen molar-refractivity contribution < 1.29 is 33.0 Å². The zero-order chi connectivity index (χ0) is 25.5. The molecule has 0 N–H and O–H groups in total. The zero-order valence-electron chi connectivity index (χ0n) is 19.5. The lowest BCUT2D eigenvalue weighted by molar-refractivity contribution is -0.147. The molecule has 2 aromatic carbocycles. The number of amides is 2. The standard InChI is InChI=1S/C25H25BrFNO6S/c1-4-32-20-10-16(9-18(26)23(20)34-14-17-7-5-6-8-19(17)27)11-21-24(30)28(25(31)35-21)12-22(29)33-13-15(2)3/h5-11,15H,4,12-14H2,1-3H3/b21-11-. The van der Waals surface area contributed by atoms with Crippen molar-refractivity contribution in [3.63, 3.8) is 0 Å². The van der Waals surface area contributed by atoms with Gasteiger partial charge in [-0.15, -0.1) is 0 Å². The Morgan fingerprint density at radius 2 is 1.94 bits per heavy atom. The van der Waals surface area contributed by atoms with Gasteiger partial charge in [0.15, 0.2) is 11.5 Å². The lowest BCUT2D eigenvalue weighted by Crippen LogP contribution is -2.34. The number of esters is 1. The van der Waals surface area contributed by atoms with Crippen LogP contribution in [0, 0.1) is 11.7 Å². The summed E-state index contributed by atoms with van der Waals surface area (Å²) in [6.45, 7) is 5.71. The van der Waals surface area contributed by atoms with Crippen LogP contribution in [0.4, 0.5) is 9.18 Å². The van der Waals surface area contributed by atoms with Gasteiger partial charge in [-0.3, -0.25) is 19.3 Å². The summed E-state index contributed by atoms with van der Waals surface area (Å²) in [6.07, 6.45) is 1.54. The Hall–Kier alpha value is -2.85. The number of carbonyl (C=O) groups is 3. The molecular weight excluding hydrogens is 541 g/mol. The number of hydrogen-bond donors (Lipinski definition) is 0. The third-order valence-corrected chi connectivity index (χ3v) is 6.19. The Morgan fingerprint density at radius 1 is 1.20 bits per heavy atom. The van der Waals surface area contributed by atoms with E-state index in [-0.39, 0.29) is 29.9 Å². The van der Waals surface area contributed by atoms with Crippen molar-refractivity contribution in [3.05, 3.63) is 62.7 Å². The fourth-order valence-electron chi connectivity index (χ4n) is 3.06. The molecule has 1 saturated heterocycles. The molecule has 1 heterocycles. The molecule has 0 unspecified atom stereocenters. The first-order valence-electron chi connectivity index (χ1n) is 10.9. The Labute approximate surface area is 215 Å². The molecule has 0 aliphatic carbocycles. The van der Waals surface area contributed by atoms with Crippen molar-refractivity contribution >= 4 is 50.9 Å². The highest BCUT2D eigenvalue weighted by Gasteiger charge is 2.36. The van der Waals surface area contributed by atoms with Gasteiger partial charge in [0.05, 0.1) is 22.6 Å². The van der Waals surface area contributed by atoms with Crippen molar-refractivity contribution in [1.29, 1.82) is 0 Å². The predicted molar refractivity (Wildman–Crippen MR) is 135 cm³/mol. The van der Waals surface area contributed by atoms with E-state index in [9.17, 15) is 18.8 Å². The van der Waals surface area contributed by atoms with E-state index in [4.69, 9.17) is 14.2 Å². The van der Waals surface area contributed by atoms with Gasteiger partial charge in [0.25, 0.3) is 11.1 Å². The normalized spacial score (nSPS) is 14.7. The maximum atomic E-state index is 14.0. The highest BCUT2D eigenvalue weighted by atomic mass is 79.9. The number of hydrogen-bond acceptors (Lipinski definition) is 7. The van der Waals surface area contributed by atoms with Crippen molar-refractivity contribution in [3.8, 4) is 11.5 Å². The van der Waals surface area contributed by atoms with E-state index in [1.165, 1.54) is 12.1 Å². The molecule has 3 rings (SSSR count). The van der Waals surface area contributed by atoms with Crippen LogP contribution in [0.15, 0.2) is 45.8 Å². The van der Waals surface area contributed by atoms with Crippen LogP contribution in [0.5, 0.6) is 11.5 Å².